The van der Waals surface area contributed by atoms with Crippen molar-refractivity contribution in [2.45, 2.75) is 26.2 Å². The number of nitrogens with zero attached hydrogens (tertiary/aromatic N) is 5. The first-order valence-corrected chi connectivity index (χ1v) is 10.1. The fourth-order valence-corrected chi connectivity index (χ4v) is 3.74. The molecule has 0 aromatic carbocycles. The number of carboxylic acid groups (broad SMARTS) is 1. The highest BCUT2D eigenvalue weighted by atomic mass is 32.1. The second kappa shape index (κ2) is 9.56. The number of thiazole rings is 1. The van der Waals surface area contributed by atoms with Gasteiger partial charge in [-0.1, -0.05) is 11.3 Å². The molecule has 2 N–H and O–H groups in total. The fraction of sp³-hybridized carbons (Fsp3) is 0.500. The maximum absolute atomic E-state index is 10.8. The molecule has 1 saturated heterocycles. The predicted octanol–water partition coefficient (Wildman–Crippen LogP) is 2.17. The number of anilines is 3. The SMILES string of the molecule is Cc1nc(Nc2ncc(C=O)s2)cc(N2CCN(CCCCC(=O)O)CC2)n1. The molecule has 0 amide bonds. The highest BCUT2D eigenvalue weighted by Gasteiger charge is 2.19. The number of carbonyl (C=O) groups excluding carboxylic acids is 1. The van der Waals surface area contributed by atoms with Crippen LogP contribution in [0.5, 0.6) is 0 Å². The average molecular weight is 404 g/mol. The number of piperazine rings is 1. The zero-order valence-electron chi connectivity index (χ0n) is 15.8. The molecular weight excluding hydrogens is 380 g/mol. The first-order chi connectivity index (χ1) is 13.5. The van der Waals surface area contributed by atoms with Gasteiger partial charge in [-0.25, -0.2) is 15.0 Å². The fourth-order valence-electron chi connectivity index (χ4n) is 3.10. The molecule has 3 heterocycles. The first kappa shape index (κ1) is 20.2. The van der Waals surface area contributed by atoms with Crippen LogP contribution in [0.1, 0.15) is 34.8 Å². The van der Waals surface area contributed by atoms with E-state index in [-0.39, 0.29) is 6.42 Å². The van der Waals surface area contributed by atoms with E-state index in [2.05, 4.69) is 30.1 Å². The van der Waals surface area contributed by atoms with Gasteiger partial charge in [0, 0.05) is 38.7 Å². The lowest BCUT2D eigenvalue weighted by molar-refractivity contribution is -0.137. The summed E-state index contributed by atoms with van der Waals surface area (Å²) >= 11 is 1.28. The van der Waals surface area contributed by atoms with Crippen LogP contribution in [-0.2, 0) is 4.79 Å². The van der Waals surface area contributed by atoms with Crippen LogP contribution in [0.2, 0.25) is 0 Å². The number of hydrogen-bond donors (Lipinski definition) is 2. The van der Waals surface area contributed by atoms with Gasteiger partial charge in [-0.05, 0) is 26.3 Å². The van der Waals surface area contributed by atoms with Crippen molar-refractivity contribution in [2.24, 2.45) is 0 Å². The average Bonchev–Trinajstić information content (AvgIpc) is 3.12. The van der Waals surface area contributed by atoms with Gasteiger partial charge >= 0.3 is 5.97 Å². The largest absolute Gasteiger partial charge is 0.481 e. The third-order valence-corrected chi connectivity index (χ3v) is 5.35. The summed E-state index contributed by atoms with van der Waals surface area (Å²) in [7, 11) is 0. The van der Waals surface area contributed by atoms with E-state index in [0.29, 0.717) is 21.7 Å². The van der Waals surface area contributed by atoms with Gasteiger partial charge in [0.2, 0.25) is 0 Å². The molecule has 28 heavy (non-hydrogen) atoms. The van der Waals surface area contributed by atoms with Gasteiger partial charge in [0.1, 0.15) is 17.5 Å². The van der Waals surface area contributed by atoms with Gasteiger partial charge in [0.25, 0.3) is 0 Å². The number of nitrogens with one attached hydrogen (secondary N) is 1. The zero-order valence-corrected chi connectivity index (χ0v) is 16.6. The molecule has 1 fully saturated rings. The van der Waals surface area contributed by atoms with E-state index in [0.717, 1.165) is 57.7 Å². The maximum atomic E-state index is 10.8. The predicted molar refractivity (Wildman–Crippen MR) is 108 cm³/mol. The lowest BCUT2D eigenvalue weighted by atomic mass is 10.2. The third-order valence-electron chi connectivity index (χ3n) is 4.51. The normalized spacial score (nSPS) is 14.8. The van der Waals surface area contributed by atoms with E-state index in [1.165, 1.54) is 17.5 Å². The summed E-state index contributed by atoms with van der Waals surface area (Å²) in [6, 6.07) is 1.90. The molecule has 0 unspecified atom stereocenters. The minimum absolute atomic E-state index is 0.239. The molecule has 1 aliphatic rings. The molecule has 0 spiro atoms. The minimum atomic E-state index is -0.728. The van der Waals surface area contributed by atoms with Crippen molar-refractivity contribution in [3.63, 3.8) is 0 Å². The lowest BCUT2D eigenvalue weighted by Crippen LogP contribution is -2.47. The Morgan fingerprint density at radius 3 is 2.75 bits per heavy atom. The summed E-state index contributed by atoms with van der Waals surface area (Å²) in [6.07, 6.45) is 4.18. The van der Waals surface area contributed by atoms with Crippen LogP contribution < -0.4 is 10.2 Å². The van der Waals surface area contributed by atoms with Crippen LogP contribution in [-0.4, -0.2) is 69.9 Å². The summed E-state index contributed by atoms with van der Waals surface area (Å²) in [5.74, 6) is 1.47. The molecule has 10 heteroatoms. The number of carboxylic acids is 1. The van der Waals surface area contributed by atoms with Gasteiger partial charge < -0.3 is 15.3 Å². The molecule has 0 saturated carbocycles. The van der Waals surface area contributed by atoms with Crippen LogP contribution in [0.25, 0.3) is 0 Å². The Balaban J connectivity index is 1.55. The van der Waals surface area contributed by atoms with E-state index >= 15 is 0 Å². The minimum Gasteiger partial charge on any atom is -0.481 e. The summed E-state index contributed by atoms with van der Waals surface area (Å²) in [5.41, 5.74) is 0. The molecule has 9 nitrogen and oxygen atoms in total. The first-order valence-electron chi connectivity index (χ1n) is 9.26. The highest BCUT2D eigenvalue weighted by Crippen LogP contribution is 2.23. The van der Waals surface area contributed by atoms with Gasteiger partial charge in [-0.3, -0.25) is 14.5 Å². The summed E-state index contributed by atoms with van der Waals surface area (Å²) in [5, 5.41) is 12.5. The van der Waals surface area contributed by atoms with Crippen LogP contribution >= 0.6 is 11.3 Å². The van der Waals surface area contributed by atoms with Crippen molar-refractivity contribution in [2.75, 3.05) is 42.9 Å². The number of aliphatic carboxylic acids is 1. The second-order valence-corrected chi connectivity index (χ2v) is 7.71. The van der Waals surface area contributed by atoms with E-state index in [9.17, 15) is 9.59 Å². The highest BCUT2D eigenvalue weighted by molar-refractivity contribution is 7.17. The van der Waals surface area contributed by atoms with Crippen molar-refractivity contribution < 1.29 is 14.7 Å². The molecule has 0 aliphatic carbocycles. The van der Waals surface area contributed by atoms with Crippen LogP contribution in [0.3, 0.4) is 0 Å². The van der Waals surface area contributed by atoms with E-state index < -0.39 is 5.97 Å². The summed E-state index contributed by atoms with van der Waals surface area (Å²) in [4.78, 5) is 39.7. The number of rotatable bonds is 9. The Kier molecular flexibility index (Phi) is 6.88. The van der Waals surface area contributed by atoms with Crippen LogP contribution in [0.4, 0.5) is 16.8 Å². The Morgan fingerprint density at radius 1 is 1.29 bits per heavy atom. The van der Waals surface area contributed by atoms with E-state index in [1.54, 1.807) is 0 Å². The number of carbonyl (C=O) groups is 2. The Labute approximate surface area is 167 Å². The van der Waals surface area contributed by atoms with Gasteiger partial charge in [0.15, 0.2) is 11.4 Å². The Morgan fingerprint density at radius 2 is 2.07 bits per heavy atom. The molecule has 3 rings (SSSR count). The molecule has 0 bridgehead atoms. The van der Waals surface area contributed by atoms with E-state index in [1.807, 2.05) is 13.0 Å². The van der Waals surface area contributed by atoms with Crippen molar-refractivity contribution in [1.29, 1.82) is 0 Å². The topological polar surface area (TPSA) is 112 Å². The molecular formula is C18H24N6O3S. The van der Waals surface area contributed by atoms with Gasteiger partial charge in [-0.15, -0.1) is 0 Å². The quantitative estimate of drug-likeness (QED) is 0.480. The van der Waals surface area contributed by atoms with Gasteiger partial charge in [-0.2, -0.15) is 0 Å². The van der Waals surface area contributed by atoms with Crippen molar-refractivity contribution in [3.8, 4) is 0 Å². The standard InChI is InChI=1S/C18H24N6O3S/c1-13-20-15(22-18-19-11-14(12-25)28-18)10-16(21-13)24-8-6-23(7-9-24)5-3-2-4-17(26)27/h10-12H,2-9H2,1H3,(H,26,27)(H,19,20,21,22). The summed E-state index contributed by atoms with van der Waals surface area (Å²) in [6.45, 7) is 6.36. The van der Waals surface area contributed by atoms with Crippen LogP contribution in [0, 0.1) is 6.92 Å². The number of unbranched alkanes of at least 4 members (excludes halogenated alkanes) is 1. The lowest BCUT2D eigenvalue weighted by Gasteiger charge is -2.35. The number of aldehydes is 1. The molecule has 1 aliphatic heterocycles. The van der Waals surface area contributed by atoms with Crippen molar-refractivity contribution in [3.05, 3.63) is 23.0 Å². The molecule has 150 valence electrons. The number of hydrogen-bond acceptors (Lipinski definition) is 9. The number of aryl methyl sites for hydroxylation is 1. The summed E-state index contributed by atoms with van der Waals surface area (Å²) < 4.78 is 0. The smallest absolute Gasteiger partial charge is 0.303 e. The molecule has 2 aromatic heterocycles. The number of aromatic nitrogens is 3. The molecule has 0 radical (unpaired) electrons. The van der Waals surface area contributed by atoms with Gasteiger partial charge in [0.05, 0.1) is 11.1 Å². The maximum Gasteiger partial charge on any atom is 0.303 e. The molecule has 0 atom stereocenters. The zero-order chi connectivity index (χ0) is 19.9. The monoisotopic (exact) mass is 404 g/mol. The molecule has 2 aromatic rings. The third kappa shape index (κ3) is 5.70. The second-order valence-electron chi connectivity index (χ2n) is 6.65. The van der Waals surface area contributed by atoms with Crippen molar-refractivity contribution in [1.82, 2.24) is 19.9 Å². The Hall–Kier alpha value is -2.59. The van der Waals surface area contributed by atoms with Crippen LogP contribution in [0.15, 0.2) is 12.3 Å². The van der Waals surface area contributed by atoms with Crippen molar-refractivity contribution >= 4 is 40.4 Å². The Bertz CT molecular complexity index is 819. The van der Waals surface area contributed by atoms with E-state index in [4.69, 9.17) is 5.11 Å².